The van der Waals surface area contributed by atoms with Crippen molar-refractivity contribution in [1.29, 1.82) is 0 Å². The van der Waals surface area contributed by atoms with Gasteiger partial charge in [-0.15, -0.1) is 0 Å². The maximum atomic E-state index is 6.08. The molecule has 0 bridgehead atoms. The van der Waals surface area contributed by atoms with Gasteiger partial charge < -0.3 is 10.5 Å². The summed E-state index contributed by atoms with van der Waals surface area (Å²) in [5.41, 5.74) is 6.08. The molecular weight excluding hydrogens is 150 g/mol. The number of nitrogens with two attached hydrogens (primary N) is 1. The van der Waals surface area contributed by atoms with E-state index in [2.05, 4.69) is 13.8 Å². The highest BCUT2D eigenvalue weighted by Crippen LogP contribution is 2.27. The normalized spacial score (nSPS) is 32.2. The predicted molar refractivity (Wildman–Crippen MR) is 51.0 cm³/mol. The van der Waals surface area contributed by atoms with Crippen molar-refractivity contribution in [1.82, 2.24) is 0 Å². The van der Waals surface area contributed by atoms with Crippen molar-refractivity contribution in [3.05, 3.63) is 0 Å². The maximum absolute atomic E-state index is 6.08. The molecule has 0 spiro atoms. The molecule has 0 aromatic heterocycles. The van der Waals surface area contributed by atoms with Gasteiger partial charge in [-0.2, -0.15) is 0 Å². The first-order valence-electron chi connectivity index (χ1n) is 5.16. The van der Waals surface area contributed by atoms with Crippen LogP contribution < -0.4 is 5.73 Å². The van der Waals surface area contributed by atoms with Gasteiger partial charge in [0.1, 0.15) is 0 Å². The molecule has 3 atom stereocenters. The molecule has 3 unspecified atom stereocenters. The second-order valence-electron chi connectivity index (χ2n) is 3.72. The zero-order chi connectivity index (χ0) is 8.97. The first kappa shape index (κ1) is 10.0. The van der Waals surface area contributed by atoms with Gasteiger partial charge >= 0.3 is 0 Å². The minimum Gasteiger partial charge on any atom is -0.378 e. The lowest BCUT2D eigenvalue weighted by Gasteiger charge is -2.23. The van der Waals surface area contributed by atoms with E-state index in [1.807, 2.05) is 0 Å². The van der Waals surface area contributed by atoms with E-state index in [0.29, 0.717) is 18.1 Å². The largest absolute Gasteiger partial charge is 0.378 e. The van der Waals surface area contributed by atoms with E-state index in [-0.39, 0.29) is 0 Å². The van der Waals surface area contributed by atoms with Crippen LogP contribution in [0.1, 0.15) is 39.5 Å². The average molecular weight is 171 g/mol. The Kier molecular flexibility index (Phi) is 4.02. The fourth-order valence-corrected chi connectivity index (χ4v) is 2.12. The highest BCUT2D eigenvalue weighted by atomic mass is 16.5. The fraction of sp³-hybridized carbons (Fsp3) is 1.00. The van der Waals surface area contributed by atoms with Crippen molar-refractivity contribution in [2.75, 3.05) is 6.61 Å². The van der Waals surface area contributed by atoms with E-state index in [9.17, 15) is 0 Å². The smallest absolute Gasteiger partial charge is 0.0616 e. The second-order valence-corrected chi connectivity index (χ2v) is 3.72. The van der Waals surface area contributed by atoms with Crippen LogP contribution in [0, 0.1) is 5.92 Å². The van der Waals surface area contributed by atoms with Gasteiger partial charge in [0.05, 0.1) is 6.10 Å². The molecule has 1 rings (SSSR count). The molecule has 0 aliphatic carbocycles. The van der Waals surface area contributed by atoms with Crippen molar-refractivity contribution in [3.63, 3.8) is 0 Å². The van der Waals surface area contributed by atoms with E-state index in [0.717, 1.165) is 19.4 Å². The summed E-state index contributed by atoms with van der Waals surface area (Å²) >= 11 is 0. The molecule has 0 aromatic carbocycles. The van der Waals surface area contributed by atoms with Crippen LogP contribution in [0.3, 0.4) is 0 Å². The van der Waals surface area contributed by atoms with Crippen molar-refractivity contribution in [2.45, 2.75) is 51.7 Å². The van der Waals surface area contributed by atoms with Crippen LogP contribution >= 0.6 is 0 Å². The lowest BCUT2D eigenvalue weighted by Crippen LogP contribution is -2.34. The molecule has 1 saturated heterocycles. The van der Waals surface area contributed by atoms with E-state index in [4.69, 9.17) is 10.5 Å². The number of hydrogen-bond donors (Lipinski definition) is 1. The summed E-state index contributed by atoms with van der Waals surface area (Å²) in [6, 6.07) is 0.363. The molecule has 1 heterocycles. The topological polar surface area (TPSA) is 35.2 Å². The van der Waals surface area contributed by atoms with Crippen LogP contribution in [-0.4, -0.2) is 18.8 Å². The van der Waals surface area contributed by atoms with E-state index < -0.39 is 0 Å². The molecule has 72 valence electrons. The Morgan fingerprint density at radius 2 is 2.25 bits per heavy atom. The standard InChI is InChI=1S/C10H21NO/c1-3-5-9(11)8-6-7-12-10(8)4-2/h8-10H,3-7,11H2,1-2H3. The van der Waals surface area contributed by atoms with Gasteiger partial charge in [0, 0.05) is 18.6 Å². The van der Waals surface area contributed by atoms with Gasteiger partial charge in [-0.3, -0.25) is 0 Å². The van der Waals surface area contributed by atoms with Crippen LogP contribution in [0.15, 0.2) is 0 Å². The van der Waals surface area contributed by atoms with Crippen molar-refractivity contribution >= 4 is 0 Å². The molecule has 1 aliphatic rings. The quantitative estimate of drug-likeness (QED) is 0.701. The van der Waals surface area contributed by atoms with Gasteiger partial charge in [0.15, 0.2) is 0 Å². The number of ether oxygens (including phenoxy) is 1. The molecule has 1 aliphatic heterocycles. The van der Waals surface area contributed by atoms with Crippen LogP contribution in [0.2, 0.25) is 0 Å². The summed E-state index contributed by atoms with van der Waals surface area (Å²) in [5, 5.41) is 0. The summed E-state index contributed by atoms with van der Waals surface area (Å²) in [5.74, 6) is 0.620. The highest BCUT2D eigenvalue weighted by Gasteiger charge is 2.30. The summed E-state index contributed by atoms with van der Waals surface area (Å²) in [6.07, 6.45) is 5.05. The Morgan fingerprint density at radius 3 is 2.83 bits per heavy atom. The third-order valence-corrected chi connectivity index (χ3v) is 2.83. The molecule has 0 saturated carbocycles. The van der Waals surface area contributed by atoms with Crippen LogP contribution in [-0.2, 0) is 4.74 Å². The zero-order valence-corrected chi connectivity index (χ0v) is 8.25. The van der Waals surface area contributed by atoms with Gasteiger partial charge in [-0.1, -0.05) is 20.3 Å². The first-order valence-corrected chi connectivity index (χ1v) is 5.16. The summed E-state index contributed by atoms with van der Waals surface area (Å²) in [7, 11) is 0. The Labute approximate surface area is 75.5 Å². The molecular formula is C10H21NO. The van der Waals surface area contributed by atoms with Crippen LogP contribution in [0.25, 0.3) is 0 Å². The molecule has 2 N–H and O–H groups in total. The average Bonchev–Trinajstić information content (AvgIpc) is 2.51. The van der Waals surface area contributed by atoms with Gasteiger partial charge in [-0.25, -0.2) is 0 Å². The van der Waals surface area contributed by atoms with E-state index >= 15 is 0 Å². The number of rotatable bonds is 4. The first-order chi connectivity index (χ1) is 5.79. The molecule has 12 heavy (non-hydrogen) atoms. The lowest BCUT2D eigenvalue weighted by atomic mass is 9.89. The summed E-state index contributed by atoms with van der Waals surface area (Å²) in [6.45, 7) is 5.29. The Balaban J connectivity index is 2.38. The Bertz CT molecular complexity index is 127. The van der Waals surface area contributed by atoms with Crippen LogP contribution in [0.4, 0.5) is 0 Å². The maximum Gasteiger partial charge on any atom is 0.0616 e. The van der Waals surface area contributed by atoms with Gasteiger partial charge in [0.25, 0.3) is 0 Å². The molecule has 2 nitrogen and oxygen atoms in total. The monoisotopic (exact) mass is 171 g/mol. The van der Waals surface area contributed by atoms with Gasteiger partial charge in [0.2, 0.25) is 0 Å². The van der Waals surface area contributed by atoms with Crippen molar-refractivity contribution < 1.29 is 4.74 Å². The third kappa shape index (κ3) is 2.20. The SMILES string of the molecule is CCCC(N)C1CCOC1CC. The van der Waals surface area contributed by atoms with Gasteiger partial charge in [-0.05, 0) is 19.3 Å². The minimum atomic E-state index is 0.363. The molecule has 2 heteroatoms. The van der Waals surface area contributed by atoms with E-state index in [1.54, 1.807) is 0 Å². The number of hydrogen-bond acceptors (Lipinski definition) is 2. The second kappa shape index (κ2) is 4.83. The molecule has 0 amide bonds. The Hall–Kier alpha value is -0.0800. The molecule has 0 radical (unpaired) electrons. The van der Waals surface area contributed by atoms with Crippen molar-refractivity contribution in [2.24, 2.45) is 11.7 Å². The highest BCUT2D eigenvalue weighted by molar-refractivity contribution is 4.83. The third-order valence-electron chi connectivity index (χ3n) is 2.83. The summed E-state index contributed by atoms with van der Waals surface area (Å²) in [4.78, 5) is 0. The predicted octanol–water partition coefficient (Wildman–Crippen LogP) is 1.93. The Morgan fingerprint density at radius 1 is 1.50 bits per heavy atom. The lowest BCUT2D eigenvalue weighted by molar-refractivity contribution is 0.0805. The zero-order valence-electron chi connectivity index (χ0n) is 8.25. The van der Waals surface area contributed by atoms with E-state index in [1.165, 1.54) is 12.8 Å². The fourth-order valence-electron chi connectivity index (χ4n) is 2.12. The minimum absolute atomic E-state index is 0.363. The summed E-state index contributed by atoms with van der Waals surface area (Å²) < 4.78 is 5.60. The molecule has 0 aromatic rings. The van der Waals surface area contributed by atoms with Crippen molar-refractivity contribution in [3.8, 4) is 0 Å². The van der Waals surface area contributed by atoms with Crippen LogP contribution in [0.5, 0.6) is 0 Å². The molecule has 1 fully saturated rings.